The maximum Gasteiger partial charge on any atom is 0.107 e. The molecule has 2 fully saturated rings. The van der Waals surface area contributed by atoms with E-state index in [1.54, 1.807) is 0 Å². The van der Waals surface area contributed by atoms with E-state index < -0.39 is 0 Å². The summed E-state index contributed by atoms with van der Waals surface area (Å²) in [5.74, 6) is 0.760. The maximum atomic E-state index is 5.94. The first-order chi connectivity index (χ1) is 10.1. The van der Waals surface area contributed by atoms with Crippen LogP contribution < -0.4 is 10.6 Å². The second-order valence-corrected chi connectivity index (χ2v) is 7.48. The first kappa shape index (κ1) is 15.3. The second kappa shape index (κ2) is 6.23. The number of nitrogens with two attached hydrogens (primary N) is 1. The third-order valence-corrected chi connectivity index (χ3v) is 5.79. The molecule has 5 heteroatoms. The first-order valence-electron chi connectivity index (χ1n) is 7.61. The summed E-state index contributed by atoms with van der Waals surface area (Å²) in [7, 11) is 2.27. The van der Waals surface area contributed by atoms with Crippen LogP contribution in [-0.2, 0) is 0 Å². The topological polar surface area (TPSA) is 32.5 Å². The van der Waals surface area contributed by atoms with Crippen LogP contribution >= 0.6 is 28.1 Å². The van der Waals surface area contributed by atoms with Crippen molar-refractivity contribution < 1.29 is 0 Å². The lowest BCUT2D eigenvalue weighted by Gasteiger charge is -2.47. The van der Waals surface area contributed by atoms with Gasteiger partial charge in [-0.2, -0.15) is 0 Å². The molecule has 1 aromatic carbocycles. The van der Waals surface area contributed by atoms with Gasteiger partial charge in [0.05, 0.1) is 0 Å². The lowest BCUT2D eigenvalue weighted by molar-refractivity contribution is 0.102. The Morgan fingerprint density at radius 2 is 2.14 bits per heavy atom. The fraction of sp³-hybridized carbons (Fsp3) is 0.562. The Labute approximate surface area is 140 Å². The zero-order valence-corrected chi connectivity index (χ0v) is 14.8. The summed E-state index contributed by atoms with van der Waals surface area (Å²) in [5.41, 5.74) is 8.11. The smallest absolute Gasteiger partial charge is 0.107 e. The summed E-state index contributed by atoms with van der Waals surface area (Å²) >= 11 is 8.84. The highest BCUT2D eigenvalue weighted by Gasteiger charge is 2.34. The van der Waals surface area contributed by atoms with E-state index in [4.69, 9.17) is 18.0 Å². The van der Waals surface area contributed by atoms with Crippen molar-refractivity contribution in [2.45, 2.75) is 25.3 Å². The molecule has 0 radical (unpaired) electrons. The largest absolute Gasteiger partial charge is 0.389 e. The van der Waals surface area contributed by atoms with E-state index in [9.17, 15) is 0 Å². The summed E-state index contributed by atoms with van der Waals surface area (Å²) in [4.78, 5) is 5.49. The molecule has 0 amide bonds. The van der Waals surface area contributed by atoms with Gasteiger partial charge >= 0.3 is 0 Å². The van der Waals surface area contributed by atoms with E-state index in [1.807, 2.05) is 6.07 Å². The predicted octanol–water partition coefficient (Wildman–Crippen LogP) is 3.00. The second-order valence-electron chi connectivity index (χ2n) is 6.18. The average molecular weight is 368 g/mol. The zero-order chi connectivity index (χ0) is 15.0. The number of hydrogen-bond acceptors (Lipinski definition) is 3. The van der Waals surface area contributed by atoms with E-state index in [0.29, 0.717) is 4.99 Å². The number of halogens is 1. The quantitative estimate of drug-likeness (QED) is 0.814. The van der Waals surface area contributed by atoms with Crippen molar-refractivity contribution in [1.82, 2.24) is 4.90 Å². The van der Waals surface area contributed by atoms with Gasteiger partial charge in [-0.15, -0.1) is 0 Å². The Balaban J connectivity index is 1.86. The predicted molar refractivity (Wildman–Crippen MR) is 96.0 cm³/mol. The molecule has 0 aromatic heterocycles. The zero-order valence-electron chi connectivity index (χ0n) is 12.4. The van der Waals surface area contributed by atoms with Gasteiger partial charge in [0, 0.05) is 34.9 Å². The molecule has 21 heavy (non-hydrogen) atoms. The van der Waals surface area contributed by atoms with E-state index in [2.05, 4.69) is 44.9 Å². The molecule has 2 atom stereocenters. The molecule has 0 aliphatic carbocycles. The Bertz CT molecular complexity index is 548. The van der Waals surface area contributed by atoms with Crippen LogP contribution in [0.2, 0.25) is 0 Å². The molecule has 2 aliphatic rings. The Morgan fingerprint density at radius 3 is 2.90 bits per heavy atom. The third-order valence-electron chi connectivity index (χ3n) is 4.92. The summed E-state index contributed by atoms with van der Waals surface area (Å²) in [6, 6.07) is 6.97. The van der Waals surface area contributed by atoms with Crippen molar-refractivity contribution in [1.29, 1.82) is 0 Å². The first-order valence-corrected chi connectivity index (χ1v) is 8.81. The molecule has 0 bridgehead atoms. The van der Waals surface area contributed by atoms with Crippen LogP contribution in [0, 0.1) is 5.92 Å². The number of likely N-dealkylation sites (tertiary alicyclic amines) is 1. The molecule has 3 nitrogen and oxygen atoms in total. The maximum absolute atomic E-state index is 5.94. The van der Waals surface area contributed by atoms with E-state index in [1.165, 1.54) is 31.5 Å². The van der Waals surface area contributed by atoms with Crippen LogP contribution in [0.5, 0.6) is 0 Å². The summed E-state index contributed by atoms with van der Waals surface area (Å²) in [6.07, 6.45) is 3.87. The van der Waals surface area contributed by atoms with Crippen molar-refractivity contribution in [3.8, 4) is 0 Å². The van der Waals surface area contributed by atoms with Crippen LogP contribution in [0.15, 0.2) is 22.7 Å². The van der Waals surface area contributed by atoms with E-state index >= 15 is 0 Å². The Hall–Kier alpha value is -0.650. The van der Waals surface area contributed by atoms with Gasteiger partial charge in [-0.05, 0) is 66.8 Å². The minimum Gasteiger partial charge on any atom is -0.389 e. The monoisotopic (exact) mass is 367 g/mol. The number of piperidine rings is 2. The molecule has 2 aliphatic heterocycles. The molecule has 3 rings (SSSR count). The number of hydrogen-bond donors (Lipinski definition) is 1. The van der Waals surface area contributed by atoms with Crippen molar-refractivity contribution in [2.24, 2.45) is 11.7 Å². The number of benzene rings is 1. The molecular weight excluding hydrogens is 346 g/mol. The van der Waals surface area contributed by atoms with Gasteiger partial charge in [0.1, 0.15) is 4.99 Å². The fourth-order valence-electron chi connectivity index (χ4n) is 3.89. The van der Waals surface area contributed by atoms with Crippen molar-refractivity contribution in [2.75, 3.05) is 31.6 Å². The minimum atomic E-state index is 0.473. The van der Waals surface area contributed by atoms with Crippen molar-refractivity contribution in [3.63, 3.8) is 0 Å². The molecule has 0 spiro atoms. The highest BCUT2D eigenvalue weighted by atomic mass is 79.9. The number of rotatable bonds is 2. The summed E-state index contributed by atoms with van der Waals surface area (Å²) in [6.45, 7) is 3.44. The molecule has 114 valence electrons. The standard InChI is InChI=1S/C16H22BrN3S/c1-19-8-3-4-11-10-20(9-7-13(11)19)14-6-2-5-12(17)15(14)16(18)21/h2,5-6,11,13H,3-4,7-10H2,1H3,(H2,18,21). The van der Waals surface area contributed by atoms with Gasteiger partial charge in [0.2, 0.25) is 0 Å². The molecule has 0 saturated carbocycles. The van der Waals surface area contributed by atoms with Gasteiger partial charge in [0.15, 0.2) is 0 Å². The molecular formula is C16H22BrN3S. The lowest BCUT2D eigenvalue weighted by Crippen LogP contribution is -2.53. The molecule has 2 saturated heterocycles. The summed E-state index contributed by atoms with van der Waals surface area (Å²) in [5, 5.41) is 0. The van der Waals surface area contributed by atoms with Gasteiger partial charge in [0.25, 0.3) is 0 Å². The number of anilines is 1. The highest BCUT2D eigenvalue weighted by molar-refractivity contribution is 9.10. The average Bonchev–Trinajstić information content (AvgIpc) is 2.46. The molecule has 2 unspecified atom stereocenters. The SMILES string of the molecule is CN1CCCC2CN(c3cccc(Br)c3C(N)=S)CCC21. The van der Waals surface area contributed by atoms with Crippen LogP contribution in [0.3, 0.4) is 0 Å². The van der Waals surface area contributed by atoms with Gasteiger partial charge in [-0.3, -0.25) is 0 Å². The Kier molecular flexibility index (Phi) is 4.52. The van der Waals surface area contributed by atoms with Crippen molar-refractivity contribution >= 4 is 38.8 Å². The summed E-state index contributed by atoms with van der Waals surface area (Å²) < 4.78 is 0.996. The third kappa shape index (κ3) is 2.96. The van der Waals surface area contributed by atoms with Gasteiger partial charge in [-0.1, -0.05) is 18.3 Å². The minimum absolute atomic E-state index is 0.473. The van der Waals surface area contributed by atoms with E-state index in [0.717, 1.165) is 35.1 Å². The Morgan fingerprint density at radius 1 is 1.33 bits per heavy atom. The molecule has 2 heterocycles. The van der Waals surface area contributed by atoms with E-state index in [-0.39, 0.29) is 0 Å². The number of thiocarbonyl (C=S) groups is 1. The molecule has 1 aromatic rings. The van der Waals surface area contributed by atoms with Crippen LogP contribution in [0.1, 0.15) is 24.8 Å². The van der Waals surface area contributed by atoms with Crippen LogP contribution in [-0.4, -0.2) is 42.6 Å². The number of fused-ring (bicyclic) bond motifs is 1. The van der Waals surface area contributed by atoms with Gasteiger partial charge in [-0.25, -0.2) is 0 Å². The fourth-order valence-corrected chi connectivity index (χ4v) is 4.81. The number of nitrogens with zero attached hydrogens (tertiary/aromatic N) is 2. The van der Waals surface area contributed by atoms with Crippen LogP contribution in [0.4, 0.5) is 5.69 Å². The molecule has 2 N–H and O–H groups in total. The highest BCUT2D eigenvalue weighted by Crippen LogP contribution is 2.35. The normalized spacial score (nSPS) is 26.5. The lowest BCUT2D eigenvalue weighted by atomic mass is 9.84. The van der Waals surface area contributed by atoms with Crippen LogP contribution in [0.25, 0.3) is 0 Å². The van der Waals surface area contributed by atoms with Gasteiger partial charge < -0.3 is 15.5 Å². The van der Waals surface area contributed by atoms with Crippen molar-refractivity contribution in [3.05, 3.63) is 28.2 Å².